The van der Waals surface area contributed by atoms with Gasteiger partial charge in [-0.1, -0.05) is 23.7 Å². The minimum atomic E-state index is 0.782. The molecule has 0 spiro atoms. The Balaban J connectivity index is 1.91. The molecule has 0 bridgehead atoms. The highest BCUT2D eigenvalue weighted by atomic mass is 35.5. The van der Waals surface area contributed by atoms with Crippen molar-refractivity contribution >= 4 is 54.7 Å². The van der Waals surface area contributed by atoms with Crippen LogP contribution in [0.1, 0.15) is 10.6 Å². The molecule has 5 heteroatoms. The maximum atomic E-state index is 6.22. The van der Waals surface area contributed by atoms with E-state index in [4.69, 9.17) is 16.6 Å². The molecule has 0 fully saturated rings. The molecule has 0 N–H and O–H groups in total. The maximum Gasteiger partial charge on any atom is 0.124 e. The van der Waals surface area contributed by atoms with Gasteiger partial charge < -0.3 is 0 Å². The number of nitrogens with zero attached hydrogens (tertiary/aromatic N) is 2. The van der Waals surface area contributed by atoms with E-state index in [2.05, 4.69) is 23.2 Å². The van der Waals surface area contributed by atoms with E-state index >= 15 is 0 Å². The number of thiazole rings is 2. The lowest BCUT2D eigenvalue weighted by atomic mass is 10.1. The second kappa shape index (κ2) is 4.77. The summed E-state index contributed by atoms with van der Waals surface area (Å²) in [5.41, 5.74) is 4.24. The zero-order valence-corrected chi connectivity index (χ0v) is 13.9. The lowest BCUT2D eigenvalue weighted by Gasteiger charge is -1.99. The van der Waals surface area contributed by atoms with E-state index in [1.165, 1.54) is 9.40 Å². The second-order valence-electron chi connectivity index (χ2n) is 5.00. The van der Waals surface area contributed by atoms with Crippen molar-refractivity contribution in [3.8, 4) is 10.6 Å². The first-order chi connectivity index (χ1) is 10.1. The highest BCUT2D eigenvalue weighted by Crippen LogP contribution is 2.35. The lowest BCUT2D eigenvalue weighted by molar-refractivity contribution is 1.35. The number of fused-ring (bicyclic) bond motifs is 2. The molecule has 0 aliphatic rings. The molecule has 0 amide bonds. The summed E-state index contributed by atoms with van der Waals surface area (Å²) >= 11 is 9.61. The summed E-state index contributed by atoms with van der Waals surface area (Å²) in [4.78, 5) is 9.30. The third-order valence-corrected chi connectivity index (χ3v) is 5.83. The molecule has 0 saturated carbocycles. The first-order valence-electron chi connectivity index (χ1n) is 6.54. The van der Waals surface area contributed by atoms with E-state index in [-0.39, 0.29) is 0 Å². The Hall–Kier alpha value is -1.49. The zero-order chi connectivity index (χ0) is 14.6. The highest BCUT2D eigenvalue weighted by molar-refractivity contribution is 7.22. The second-order valence-corrected chi connectivity index (χ2v) is 7.68. The largest absolute Gasteiger partial charge is 0.241 e. The quantitative estimate of drug-likeness (QED) is 0.438. The monoisotopic (exact) mass is 330 g/mol. The third-order valence-electron chi connectivity index (χ3n) is 3.42. The van der Waals surface area contributed by atoms with Crippen molar-refractivity contribution in [1.82, 2.24) is 9.97 Å². The molecule has 2 aromatic carbocycles. The molecular formula is C16H11ClN2S2. The van der Waals surface area contributed by atoms with Crippen LogP contribution >= 0.6 is 34.3 Å². The standard InChI is InChI=1S/C16H11ClN2S2/c1-8-3-4-10(5-11(8)17)16-19-13-7-14-12(6-15(13)21-16)18-9(2)20-14/h3-7H,1-2H3. The molecule has 0 saturated heterocycles. The smallest absolute Gasteiger partial charge is 0.124 e. The van der Waals surface area contributed by atoms with Crippen LogP contribution in [0.15, 0.2) is 30.3 Å². The zero-order valence-electron chi connectivity index (χ0n) is 11.5. The van der Waals surface area contributed by atoms with E-state index in [0.717, 1.165) is 37.2 Å². The Kier molecular flexibility index (Phi) is 2.99. The molecule has 2 aromatic heterocycles. The van der Waals surface area contributed by atoms with Crippen molar-refractivity contribution in [3.05, 3.63) is 45.9 Å². The van der Waals surface area contributed by atoms with Gasteiger partial charge in [-0.3, -0.25) is 0 Å². The predicted molar refractivity (Wildman–Crippen MR) is 92.7 cm³/mol. The molecule has 0 aliphatic heterocycles. The number of aryl methyl sites for hydroxylation is 2. The number of halogens is 1. The summed E-state index contributed by atoms with van der Waals surface area (Å²) in [5.74, 6) is 0. The minimum absolute atomic E-state index is 0.782. The van der Waals surface area contributed by atoms with Crippen molar-refractivity contribution in [2.75, 3.05) is 0 Å². The molecule has 104 valence electrons. The topological polar surface area (TPSA) is 25.8 Å². The van der Waals surface area contributed by atoms with Gasteiger partial charge in [0.1, 0.15) is 5.01 Å². The van der Waals surface area contributed by atoms with Crippen LogP contribution in [0.4, 0.5) is 0 Å². The number of hydrogen-bond donors (Lipinski definition) is 0. The van der Waals surface area contributed by atoms with Gasteiger partial charge in [-0.25, -0.2) is 9.97 Å². The summed E-state index contributed by atoms with van der Waals surface area (Å²) in [6.45, 7) is 4.04. The summed E-state index contributed by atoms with van der Waals surface area (Å²) < 4.78 is 2.36. The maximum absolute atomic E-state index is 6.22. The Bertz CT molecular complexity index is 934. The number of benzene rings is 2. The summed E-state index contributed by atoms with van der Waals surface area (Å²) in [6, 6.07) is 10.4. The van der Waals surface area contributed by atoms with E-state index in [0.29, 0.717) is 0 Å². The van der Waals surface area contributed by atoms with Crippen LogP contribution in [0.5, 0.6) is 0 Å². The Morgan fingerprint density at radius 1 is 0.905 bits per heavy atom. The van der Waals surface area contributed by atoms with Gasteiger partial charge in [0, 0.05) is 10.6 Å². The Morgan fingerprint density at radius 2 is 1.62 bits per heavy atom. The third kappa shape index (κ3) is 2.24. The van der Waals surface area contributed by atoms with Gasteiger partial charge in [0.25, 0.3) is 0 Å². The molecule has 0 aliphatic carbocycles. The molecule has 2 heterocycles. The average molecular weight is 331 g/mol. The summed E-state index contributed by atoms with van der Waals surface area (Å²) in [7, 11) is 0. The molecule has 4 aromatic rings. The van der Waals surface area contributed by atoms with Crippen molar-refractivity contribution in [3.63, 3.8) is 0 Å². The highest BCUT2D eigenvalue weighted by Gasteiger charge is 2.10. The van der Waals surface area contributed by atoms with Crippen LogP contribution < -0.4 is 0 Å². The molecule has 21 heavy (non-hydrogen) atoms. The van der Waals surface area contributed by atoms with Gasteiger partial charge in [-0.05, 0) is 37.6 Å². The average Bonchev–Trinajstić information content (AvgIpc) is 3.00. The molecule has 0 atom stereocenters. The SMILES string of the molecule is Cc1nc2cc3sc(-c4ccc(C)c(Cl)c4)nc3cc2s1. The fraction of sp³-hybridized carbons (Fsp3) is 0.125. The van der Waals surface area contributed by atoms with Crippen molar-refractivity contribution in [2.24, 2.45) is 0 Å². The normalized spacial score (nSPS) is 11.6. The van der Waals surface area contributed by atoms with Gasteiger partial charge in [0.15, 0.2) is 0 Å². The first-order valence-corrected chi connectivity index (χ1v) is 8.55. The summed E-state index contributed by atoms with van der Waals surface area (Å²) in [5, 5.41) is 2.87. The van der Waals surface area contributed by atoms with Gasteiger partial charge in [-0.15, -0.1) is 22.7 Å². The van der Waals surface area contributed by atoms with Gasteiger partial charge in [0.05, 0.1) is 25.4 Å². The molecular weight excluding hydrogens is 320 g/mol. The van der Waals surface area contributed by atoms with Crippen LogP contribution in [0.3, 0.4) is 0 Å². The van der Waals surface area contributed by atoms with E-state index in [1.54, 1.807) is 22.7 Å². The van der Waals surface area contributed by atoms with Crippen LogP contribution in [0.2, 0.25) is 5.02 Å². The van der Waals surface area contributed by atoms with E-state index in [9.17, 15) is 0 Å². The van der Waals surface area contributed by atoms with E-state index < -0.39 is 0 Å². The van der Waals surface area contributed by atoms with Crippen LogP contribution in [0.25, 0.3) is 31.0 Å². The van der Waals surface area contributed by atoms with Crippen LogP contribution in [-0.4, -0.2) is 9.97 Å². The van der Waals surface area contributed by atoms with Crippen molar-refractivity contribution < 1.29 is 0 Å². The van der Waals surface area contributed by atoms with Crippen molar-refractivity contribution in [1.29, 1.82) is 0 Å². The fourth-order valence-electron chi connectivity index (χ4n) is 2.31. The predicted octanol–water partition coefficient (Wildman–Crippen LogP) is 5.84. The first kappa shape index (κ1) is 13.2. The van der Waals surface area contributed by atoms with Crippen LogP contribution in [0, 0.1) is 13.8 Å². The lowest BCUT2D eigenvalue weighted by Crippen LogP contribution is -1.79. The van der Waals surface area contributed by atoms with Crippen LogP contribution in [-0.2, 0) is 0 Å². The Labute approximate surface area is 135 Å². The minimum Gasteiger partial charge on any atom is -0.241 e. The fourth-order valence-corrected chi connectivity index (χ4v) is 4.31. The van der Waals surface area contributed by atoms with Gasteiger partial charge >= 0.3 is 0 Å². The molecule has 4 rings (SSSR count). The molecule has 0 unspecified atom stereocenters. The van der Waals surface area contributed by atoms with Crippen molar-refractivity contribution in [2.45, 2.75) is 13.8 Å². The Morgan fingerprint density at radius 3 is 2.38 bits per heavy atom. The van der Waals surface area contributed by atoms with Gasteiger partial charge in [0.2, 0.25) is 0 Å². The van der Waals surface area contributed by atoms with Gasteiger partial charge in [-0.2, -0.15) is 0 Å². The molecule has 2 nitrogen and oxygen atoms in total. The number of hydrogen-bond acceptors (Lipinski definition) is 4. The number of aromatic nitrogens is 2. The number of rotatable bonds is 1. The van der Waals surface area contributed by atoms with E-state index in [1.807, 2.05) is 26.0 Å². The molecule has 0 radical (unpaired) electrons. The summed E-state index contributed by atoms with van der Waals surface area (Å²) in [6.07, 6.45) is 0.